The average molecular weight is 271 g/mol. The summed E-state index contributed by atoms with van der Waals surface area (Å²) in [5.74, 6) is 0. The average Bonchev–Trinajstić information content (AvgIpc) is 3.02. The van der Waals surface area contributed by atoms with Gasteiger partial charge < -0.3 is 4.57 Å². The van der Waals surface area contributed by atoms with Gasteiger partial charge in [-0.3, -0.25) is 4.68 Å². The molecule has 0 saturated heterocycles. The van der Waals surface area contributed by atoms with E-state index in [9.17, 15) is 0 Å². The van der Waals surface area contributed by atoms with Gasteiger partial charge in [0.2, 0.25) is 0 Å². The Morgan fingerprint density at radius 3 is 2.95 bits per heavy atom. The van der Waals surface area contributed by atoms with Crippen molar-refractivity contribution in [1.29, 1.82) is 0 Å². The fraction of sp³-hybridized carbons (Fsp3) is 0.588. The molecule has 1 aliphatic rings. The highest BCUT2D eigenvalue weighted by Gasteiger charge is 2.23. The largest absolute Gasteiger partial charge is 0.349 e. The maximum absolute atomic E-state index is 4.46. The molecule has 2 aromatic heterocycles. The minimum atomic E-state index is 0.609. The maximum atomic E-state index is 4.46. The van der Waals surface area contributed by atoms with Crippen molar-refractivity contribution in [2.75, 3.05) is 0 Å². The Morgan fingerprint density at radius 1 is 1.35 bits per heavy atom. The van der Waals surface area contributed by atoms with E-state index >= 15 is 0 Å². The van der Waals surface area contributed by atoms with Crippen LogP contribution in [0.25, 0.3) is 0 Å². The van der Waals surface area contributed by atoms with E-state index in [0.717, 1.165) is 12.8 Å². The van der Waals surface area contributed by atoms with Gasteiger partial charge in [0, 0.05) is 24.1 Å². The van der Waals surface area contributed by atoms with E-state index in [0.29, 0.717) is 12.1 Å². The summed E-state index contributed by atoms with van der Waals surface area (Å²) < 4.78 is 4.57. The molecule has 1 atom stereocenters. The summed E-state index contributed by atoms with van der Waals surface area (Å²) in [6, 6.07) is 5.75. The molecule has 0 spiro atoms. The van der Waals surface area contributed by atoms with E-state index < -0.39 is 0 Å². The first-order valence-corrected chi connectivity index (χ1v) is 7.96. The smallest absolute Gasteiger partial charge is 0.0521 e. The Morgan fingerprint density at radius 2 is 2.20 bits per heavy atom. The third-order valence-corrected chi connectivity index (χ3v) is 4.41. The van der Waals surface area contributed by atoms with E-state index in [-0.39, 0.29) is 0 Å². The summed E-state index contributed by atoms with van der Waals surface area (Å²) in [7, 11) is 0. The molecule has 1 saturated carbocycles. The van der Waals surface area contributed by atoms with Crippen molar-refractivity contribution in [3.63, 3.8) is 0 Å². The van der Waals surface area contributed by atoms with Crippen molar-refractivity contribution >= 4 is 0 Å². The maximum Gasteiger partial charge on any atom is 0.0521 e. The SMILES string of the molecule is CC[C@H](C)n1cccc1CCCc1cnn(C2CC2)c1. The molecule has 3 rings (SSSR count). The van der Waals surface area contributed by atoms with Crippen LogP contribution in [0.5, 0.6) is 0 Å². The Labute approximate surface area is 121 Å². The molecule has 0 bridgehead atoms. The molecule has 108 valence electrons. The van der Waals surface area contributed by atoms with Crippen LogP contribution in [0, 0.1) is 0 Å². The van der Waals surface area contributed by atoms with Crippen LogP contribution >= 0.6 is 0 Å². The minimum absolute atomic E-state index is 0.609. The first-order chi connectivity index (χ1) is 9.78. The van der Waals surface area contributed by atoms with Crippen LogP contribution in [0.15, 0.2) is 30.7 Å². The van der Waals surface area contributed by atoms with Gasteiger partial charge in [-0.05, 0) is 63.1 Å². The van der Waals surface area contributed by atoms with E-state index in [4.69, 9.17) is 0 Å². The van der Waals surface area contributed by atoms with Gasteiger partial charge in [-0.1, -0.05) is 6.92 Å². The second kappa shape index (κ2) is 5.86. The van der Waals surface area contributed by atoms with Crippen molar-refractivity contribution in [3.8, 4) is 0 Å². The van der Waals surface area contributed by atoms with Crippen LogP contribution in [-0.2, 0) is 12.8 Å². The van der Waals surface area contributed by atoms with Crippen molar-refractivity contribution in [1.82, 2.24) is 14.3 Å². The van der Waals surface area contributed by atoms with Crippen molar-refractivity contribution in [3.05, 3.63) is 42.0 Å². The molecular formula is C17H25N3. The van der Waals surface area contributed by atoms with Crippen LogP contribution < -0.4 is 0 Å². The van der Waals surface area contributed by atoms with Crippen molar-refractivity contribution in [2.45, 2.75) is 64.5 Å². The fourth-order valence-corrected chi connectivity index (χ4v) is 2.79. The molecule has 0 amide bonds. The third kappa shape index (κ3) is 2.97. The molecule has 1 fully saturated rings. The Kier molecular flexibility index (Phi) is 3.95. The van der Waals surface area contributed by atoms with E-state index in [1.165, 1.54) is 36.9 Å². The lowest BCUT2D eigenvalue weighted by Gasteiger charge is -2.15. The molecule has 2 heterocycles. The van der Waals surface area contributed by atoms with Crippen molar-refractivity contribution in [2.24, 2.45) is 0 Å². The van der Waals surface area contributed by atoms with Gasteiger partial charge in [0.05, 0.1) is 12.2 Å². The molecule has 3 nitrogen and oxygen atoms in total. The number of aromatic nitrogens is 3. The molecule has 0 radical (unpaired) electrons. The predicted octanol–water partition coefficient (Wildman–Crippen LogP) is 4.17. The summed E-state index contributed by atoms with van der Waals surface area (Å²) in [6.07, 6.45) is 13.8. The van der Waals surface area contributed by atoms with Crippen LogP contribution in [0.3, 0.4) is 0 Å². The Hall–Kier alpha value is -1.51. The molecule has 0 aromatic carbocycles. The Balaban J connectivity index is 1.52. The van der Waals surface area contributed by atoms with Crippen LogP contribution in [0.2, 0.25) is 0 Å². The molecule has 0 unspecified atom stereocenters. The van der Waals surface area contributed by atoms with Crippen LogP contribution in [0.1, 0.15) is 62.9 Å². The summed E-state index contributed by atoms with van der Waals surface area (Å²) in [6.45, 7) is 4.55. The number of hydrogen-bond donors (Lipinski definition) is 0. The third-order valence-electron chi connectivity index (χ3n) is 4.41. The van der Waals surface area contributed by atoms with E-state index in [1.54, 1.807) is 0 Å². The van der Waals surface area contributed by atoms with Gasteiger partial charge in [0.1, 0.15) is 0 Å². The van der Waals surface area contributed by atoms with Gasteiger partial charge >= 0.3 is 0 Å². The Bertz CT molecular complexity index is 548. The topological polar surface area (TPSA) is 22.8 Å². The zero-order valence-electron chi connectivity index (χ0n) is 12.6. The summed E-state index contributed by atoms with van der Waals surface area (Å²) in [4.78, 5) is 0. The lowest BCUT2D eigenvalue weighted by Crippen LogP contribution is -2.06. The fourth-order valence-electron chi connectivity index (χ4n) is 2.79. The first kappa shape index (κ1) is 13.5. The lowest BCUT2D eigenvalue weighted by molar-refractivity contribution is 0.510. The van der Waals surface area contributed by atoms with Gasteiger partial charge in [-0.25, -0.2) is 0 Å². The first-order valence-electron chi connectivity index (χ1n) is 7.96. The minimum Gasteiger partial charge on any atom is -0.349 e. The number of hydrogen-bond acceptors (Lipinski definition) is 1. The predicted molar refractivity (Wildman–Crippen MR) is 82.0 cm³/mol. The zero-order valence-corrected chi connectivity index (χ0v) is 12.6. The van der Waals surface area contributed by atoms with Crippen molar-refractivity contribution < 1.29 is 0 Å². The van der Waals surface area contributed by atoms with E-state index in [1.807, 2.05) is 6.20 Å². The molecule has 20 heavy (non-hydrogen) atoms. The summed E-state index contributed by atoms with van der Waals surface area (Å²) >= 11 is 0. The van der Waals surface area contributed by atoms with Crippen LogP contribution in [-0.4, -0.2) is 14.3 Å². The summed E-state index contributed by atoms with van der Waals surface area (Å²) in [5.41, 5.74) is 2.85. The highest BCUT2D eigenvalue weighted by Crippen LogP contribution is 2.34. The number of aryl methyl sites for hydroxylation is 2. The molecule has 2 aromatic rings. The molecule has 0 aliphatic heterocycles. The normalized spacial score (nSPS) is 16.5. The van der Waals surface area contributed by atoms with Gasteiger partial charge in [0.15, 0.2) is 0 Å². The standard InChI is InChI=1S/C17H25N3/c1-3-14(2)19-11-5-8-16(19)7-4-6-15-12-18-20(13-15)17-9-10-17/h5,8,11-14,17H,3-4,6-7,9-10H2,1-2H3/t14-/m0/s1. The van der Waals surface area contributed by atoms with Gasteiger partial charge in [-0.15, -0.1) is 0 Å². The van der Waals surface area contributed by atoms with Crippen LogP contribution in [0.4, 0.5) is 0 Å². The second-order valence-corrected chi connectivity index (χ2v) is 6.08. The lowest BCUT2D eigenvalue weighted by atomic mass is 10.1. The molecular weight excluding hydrogens is 246 g/mol. The molecule has 0 N–H and O–H groups in total. The number of nitrogens with zero attached hydrogens (tertiary/aromatic N) is 3. The quantitative estimate of drug-likeness (QED) is 0.741. The van der Waals surface area contributed by atoms with Gasteiger partial charge in [-0.2, -0.15) is 5.10 Å². The molecule has 3 heteroatoms. The molecule has 1 aliphatic carbocycles. The highest BCUT2D eigenvalue weighted by atomic mass is 15.3. The van der Waals surface area contributed by atoms with E-state index in [2.05, 4.69) is 52.7 Å². The van der Waals surface area contributed by atoms with Gasteiger partial charge in [0.25, 0.3) is 0 Å². The zero-order chi connectivity index (χ0) is 13.9. The monoisotopic (exact) mass is 271 g/mol. The summed E-state index contributed by atoms with van der Waals surface area (Å²) in [5, 5.41) is 4.46. The number of rotatable bonds is 7. The second-order valence-electron chi connectivity index (χ2n) is 6.08. The highest BCUT2D eigenvalue weighted by molar-refractivity contribution is 5.10.